The van der Waals surface area contributed by atoms with E-state index in [0.717, 1.165) is 17.0 Å². The summed E-state index contributed by atoms with van der Waals surface area (Å²) < 4.78 is 5.21. The number of ether oxygens (including phenoxy) is 1. The van der Waals surface area contributed by atoms with Crippen LogP contribution in [0.1, 0.15) is 11.4 Å². The van der Waals surface area contributed by atoms with Crippen molar-refractivity contribution in [2.75, 3.05) is 6.61 Å². The molecule has 0 bridgehead atoms. The van der Waals surface area contributed by atoms with Crippen molar-refractivity contribution < 1.29 is 4.74 Å². The summed E-state index contributed by atoms with van der Waals surface area (Å²) in [6.45, 7) is 2.32. The highest BCUT2D eigenvalue weighted by Crippen LogP contribution is 2.19. The van der Waals surface area contributed by atoms with Gasteiger partial charge in [-0.3, -0.25) is 9.97 Å². The zero-order chi connectivity index (χ0) is 11.8. The van der Waals surface area contributed by atoms with Crippen LogP contribution in [0.15, 0.2) is 23.2 Å². The molecule has 0 saturated carbocycles. The van der Waals surface area contributed by atoms with Crippen LogP contribution >= 0.6 is 0 Å². The van der Waals surface area contributed by atoms with Crippen molar-refractivity contribution in [3.05, 3.63) is 40.3 Å². The van der Waals surface area contributed by atoms with Gasteiger partial charge in [0.2, 0.25) is 0 Å². The van der Waals surface area contributed by atoms with Crippen molar-refractivity contribution in [2.24, 2.45) is 0 Å². The van der Waals surface area contributed by atoms with E-state index in [0.29, 0.717) is 17.9 Å². The summed E-state index contributed by atoms with van der Waals surface area (Å²) in [5.41, 5.74) is 3.09. The highest BCUT2D eigenvalue weighted by molar-refractivity contribution is 5.73. The van der Waals surface area contributed by atoms with Crippen molar-refractivity contribution in [3.8, 4) is 0 Å². The zero-order valence-corrected chi connectivity index (χ0v) is 9.15. The number of rotatable bonds is 1. The Bertz CT molecular complexity index is 693. The van der Waals surface area contributed by atoms with E-state index >= 15 is 0 Å². The molecule has 3 heterocycles. The minimum atomic E-state index is -0.301. The average Bonchev–Trinajstić information content (AvgIpc) is 2.68. The van der Waals surface area contributed by atoms with Crippen LogP contribution < -0.4 is 5.69 Å². The molecule has 3 rings (SSSR count). The molecule has 17 heavy (non-hydrogen) atoms. The molecule has 86 valence electrons. The fourth-order valence-electron chi connectivity index (χ4n) is 1.79. The van der Waals surface area contributed by atoms with Crippen LogP contribution in [0.3, 0.4) is 0 Å². The Morgan fingerprint density at radius 2 is 2.06 bits per heavy atom. The van der Waals surface area contributed by atoms with Gasteiger partial charge in [-0.1, -0.05) is 6.08 Å². The molecular weight excluding hydrogens is 220 g/mol. The highest BCUT2D eigenvalue weighted by atomic mass is 16.5. The fraction of sp³-hybridized carbons (Fsp3) is 0.182. The quantitative estimate of drug-likeness (QED) is 0.761. The Labute approximate surface area is 96.1 Å². The number of nitrogens with zero attached hydrogens (tertiary/aromatic N) is 2. The van der Waals surface area contributed by atoms with Crippen molar-refractivity contribution in [3.63, 3.8) is 0 Å². The van der Waals surface area contributed by atoms with Gasteiger partial charge in [0.25, 0.3) is 0 Å². The largest absolute Gasteiger partial charge is 0.496 e. The first-order valence-electron chi connectivity index (χ1n) is 5.18. The number of aromatic amines is 2. The maximum absolute atomic E-state index is 11.1. The predicted octanol–water partition coefficient (Wildman–Crippen LogP) is 0.882. The van der Waals surface area contributed by atoms with Crippen LogP contribution in [0.25, 0.3) is 16.9 Å². The lowest BCUT2D eigenvalue weighted by molar-refractivity contribution is 0.292. The number of H-pyrrole nitrogens is 2. The van der Waals surface area contributed by atoms with Gasteiger partial charge in [-0.2, -0.15) is 0 Å². The lowest BCUT2D eigenvalue weighted by Gasteiger charge is -2.11. The second kappa shape index (κ2) is 3.58. The molecule has 0 aliphatic carbocycles. The normalized spacial score (nSPS) is 14.8. The summed E-state index contributed by atoms with van der Waals surface area (Å²) in [5, 5.41) is 0. The molecule has 0 fully saturated rings. The highest BCUT2D eigenvalue weighted by Gasteiger charge is 2.12. The number of nitrogens with one attached hydrogen (secondary N) is 2. The fourth-order valence-corrected chi connectivity index (χ4v) is 1.79. The molecule has 0 amide bonds. The van der Waals surface area contributed by atoms with E-state index in [2.05, 4.69) is 19.9 Å². The van der Waals surface area contributed by atoms with Gasteiger partial charge in [-0.15, -0.1) is 0 Å². The maximum Gasteiger partial charge on any atom is 0.326 e. The number of imidazole rings is 1. The standard InChI is InChI=1S/C11H10N4O2/c1-6-8(7-3-2-4-17-5-7)13-10-9(12-6)14-11(16)15-10/h2-4H,5H2,1H3,(H2,12,13,14,15,16). The molecular formula is C11H10N4O2. The van der Waals surface area contributed by atoms with Gasteiger partial charge in [0.15, 0.2) is 11.3 Å². The summed E-state index contributed by atoms with van der Waals surface area (Å²) in [6, 6.07) is 0. The van der Waals surface area contributed by atoms with Gasteiger partial charge >= 0.3 is 5.69 Å². The van der Waals surface area contributed by atoms with Crippen LogP contribution in [0, 0.1) is 6.92 Å². The molecule has 0 aromatic carbocycles. The van der Waals surface area contributed by atoms with Crippen molar-refractivity contribution in [1.82, 2.24) is 19.9 Å². The lowest BCUT2D eigenvalue weighted by Crippen LogP contribution is -2.03. The van der Waals surface area contributed by atoms with Crippen molar-refractivity contribution in [2.45, 2.75) is 6.92 Å². The van der Waals surface area contributed by atoms with E-state index in [1.165, 1.54) is 0 Å². The first-order chi connectivity index (χ1) is 8.24. The Morgan fingerprint density at radius 3 is 2.76 bits per heavy atom. The smallest absolute Gasteiger partial charge is 0.326 e. The number of fused-ring (bicyclic) bond motifs is 1. The first kappa shape index (κ1) is 9.83. The molecule has 6 heteroatoms. The summed E-state index contributed by atoms with van der Waals surface area (Å²) in [5.74, 6) is 0. The molecule has 2 aromatic heterocycles. The van der Waals surface area contributed by atoms with Gasteiger partial charge in [-0.05, 0) is 13.0 Å². The predicted molar refractivity (Wildman–Crippen MR) is 62.3 cm³/mol. The summed E-state index contributed by atoms with van der Waals surface area (Å²) in [4.78, 5) is 25.0. The molecule has 0 atom stereocenters. The number of allylic oxidation sites excluding steroid dienone is 2. The van der Waals surface area contributed by atoms with E-state index < -0.39 is 0 Å². The minimum Gasteiger partial charge on any atom is -0.496 e. The van der Waals surface area contributed by atoms with Gasteiger partial charge < -0.3 is 4.74 Å². The van der Waals surface area contributed by atoms with Crippen LogP contribution in [0.5, 0.6) is 0 Å². The van der Waals surface area contributed by atoms with Crippen LogP contribution in [0.4, 0.5) is 0 Å². The SMILES string of the molecule is Cc1nc2[nH]c(=O)[nH]c2nc1C1=CC=COC1. The summed E-state index contributed by atoms with van der Waals surface area (Å²) in [6.07, 6.45) is 5.37. The molecule has 2 N–H and O–H groups in total. The van der Waals surface area contributed by atoms with E-state index in [1.807, 2.05) is 19.1 Å². The van der Waals surface area contributed by atoms with E-state index in [9.17, 15) is 4.79 Å². The topological polar surface area (TPSA) is 83.7 Å². The van der Waals surface area contributed by atoms with Crippen LogP contribution in [-0.4, -0.2) is 26.5 Å². The van der Waals surface area contributed by atoms with Gasteiger partial charge in [0.1, 0.15) is 6.61 Å². The molecule has 0 spiro atoms. The monoisotopic (exact) mass is 230 g/mol. The summed E-state index contributed by atoms with van der Waals surface area (Å²) in [7, 11) is 0. The van der Waals surface area contributed by atoms with Gasteiger partial charge in [0, 0.05) is 5.57 Å². The van der Waals surface area contributed by atoms with E-state index in [-0.39, 0.29) is 5.69 Å². The second-order valence-corrected chi connectivity index (χ2v) is 3.77. The first-order valence-corrected chi connectivity index (χ1v) is 5.18. The van der Waals surface area contributed by atoms with E-state index in [1.54, 1.807) is 6.26 Å². The number of hydrogen-bond donors (Lipinski definition) is 2. The molecule has 0 radical (unpaired) electrons. The number of aromatic nitrogens is 4. The van der Waals surface area contributed by atoms with Crippen molar-refractivity contribution in [1.29, 1.82) is 0 Å². The van der Waals surface area contributed by atoms with Crippen molar-refractivity contribution >= 4 is 16.9 Å². The minimum absolute atomic E-state index is 0.301. The third-order valence-electron chi connectivity index (χ3n) is 2.55. The lowest BCUT2D eigenvalue weighted by atomic mass is 10.1. The third kappa shape index (κ3) is 1.63. The second-order valence-electron chi connectivity index (χ2n) is 3.77. The third-order valence-corrected chi connectivity index (χ3v) is 2.55. The molecule has 6 nitrogen and oxygen atoms in total. The average molecular weight is 230 g/mol. The number of aryl methyl sites for hydroxylation is 1. The Morgan fingerprint density at radius 1 is 1.29 bits per heavy atom. The van der Waals surface area contributed by atoms with Crippen LogP contribution in [0.2, 0.25) is 0 Å². The van der Waals surface area contributed by atoms with Gasteiger partial charge in [-0.25, -0.2) is 14.8 Å². The molecule has 2 aromatic rings. The Hall–Kier alpha value is -2.37. The van der Waals surface area contributed by atoms with Gasteiger partial charge in [0.05, 0.1) is 17.6 Å². The van der Waals surface area contributed by atoms with Crippen LogP contribution in [-0.2, 0) is 4.74 Å². The molecule has 0 unspecified atom stereocenters. The molecule has 1 aliphatic heterocycles. The molecule has 1 aliphatic rings. The zero-order valence-electron chi connectivity index (χ0n) is 9.15. The number of hydrogen-bond acceptors (Lipinski definition) is 4. The van der Waals surface area contributed by atoms with E-state index in [4.69, 9.17) is 4.74 Å². The molecule has 0 saturated heterocycles. The maximum atomic E-state index is 11.1. The Balaban J connectivity index is 2.21. The summed E-state index contributed by atoms with van der Waals surface area (Å²) >= 11 is 0. The Kier molecular flexibility index (Phi) is 2.07.